The Labute approximate surface area is 108 Å². The zero-order valence-electron chi connectivity index (χ0n) is 11.0. The molecule has 4 heteroatoms. The van der Waals surface area contributed by atoms with Gasteiger partial charge in [-0.05, 0) is 25.0 Å². The number of rotatable bonds is 5. The van der Waals surface area contributed by atoms with E-state index >= 15 is 0 Å². The molecule has 1 aromatic heterocycles. The van der Waals surface area contributed by atoms with Gasteiger partial charge in [-0.3, -0.25) is 0 Å². The number of nitrogens with two attached hydrogens (primary N) is 1. The van der Waals surface area contributed by atoms with Gasteiger partial charge in [0.15, 0.2) is 0 Å². The molecule has 0 saturated heterocycles. The van der Waals surface area contributed by atoms with Gasteiger partial charge in [0.25, 0.3) is 0 Å². The van der Waals surface area contributed by atoms with Gasteiger partial charge in [0.05, 0.1) is 11.4 Å². The second-order valence-electron chi connectivity index (χ2n) is 4.39. The monoisotopic (exact) mass is 244 g/mol. The zero-order valence-corrected chi connectivity index (χ0v) is 11.0. The van der Waals surface area contributed by atoms with Crippen LogP contribution >= 0.6 is 0 Å². The van der Waals surface area contributed by atoms with Gasteiger partial charge < -0.3 is 5.73 Å². The summed E-state index contributed by atoms with van der Waals surface area (Å²) in [7, 11) is 0. The average Bonchev–Trinajstić information content (AvgIpc) is 2.85. The fourth-order valence-electron chi connectivity index (χ4n) is 2.31. The fraction of sp³-hybridized carbons (Fsp3) is 0.429. The SMILES string of the molecule is CCC(CC)c1c(CN)nnn1-c1ccccc1. The molecule has 0 aliphatic heterocycles. The standard InChI is InChI=1S/C14H20N4/c1-3-11(4-2)14-13(10-15)16-17-18(14)12-8-6-5-7-9-12/h5-9,11H,3-4,10,15H2,1-2H3. The maximum Gasteiger partial charge on any atom is 0.100 e. The Morgan fingerprint density at radius 3 is 2.39 bits per heavy atom. The van der Waals surface area contributed by atoms with Crippen LogP contribution in [-0.4, -0.2) is 15.0 Å². The Morgan fingerprint density at radius 2 is 1.83 bits per heavy atom. The van der Waals surface area contributed by atoms with E-state index in [0.717, 1.165) is 29.9 Å². The van der Waals surface area contributed by atoms with Crippen molar-refractivity contribution in [3.05, 3.63) is 41.7 Å². The summed E-state index contributed by atoms with van der Waals surface area (Å²) in [4.78, 5) is 0. The first-order chi connectivity index (χ1) is 8.81. The van der Waals surface area contributed by atoms with E-state index in [4.69, 9.17) is 5.73 Å². The van der Waals surface area contributed by atoms with Crippen LogP contribution in [0.1, 0.15) is 44.0 Å². The van der Waals surface area contributed by atoms with Crippen LogP contribution in [0.5, 0.6) is 0 Å². The quantitative estimate of drug-likeness (QED) is 0.879. The Morgan fingerprint density at radius 1 is 1.17 bits per heavy atom. The van der Waals surface area contributed by atoms with Gasteiger partial charge in [0, 0.05) is 12.5 Å². The van der Waals surface area contributed by atoms with Gasteiger partial charge in [-0.1, -0.05) is 37.3 Å². The minimum atomic E-state index is 0.443. The second-order valence-corrected chi connectivity index (χ2v) is 4.39. The summed E-state index contributed by atoms with van der Waals surface area (Å²) in [6.07, 6.45) is 2.15. The van der Waals surface area contributed by atoms with Crippen LogP contribution in [-0.2, 0) is 6.54 Å². The van der Waals surface area contributed by atoms with Gasteiger partial charge in [0.2, 0.25) is 0 Å². The molecule has 1 heterocycles. The molecule has 2 N–H and O–H groups in total. The summed E-state index contributed by atoms with van der Waals surface area (Å²) < 4.78 is 1.93. The molecule has 18 heavy (non-hydrogen) atoms. The van der Waals surface area contributed by atoms with Crippen LogP contribution in [0.25, 0.3) is 5.69 Å². The highest BCUT2D eigenvalue weighted by atomic mass is 15.4. The molecular formula is C14H20N4. The predicted molar refractivity (Wildman–Crippen MR) is 72.6 cm³/mol. The third-order valence-corrected chi connectivity index (χ3v) is 3.35. The first-order valence-electron chi connectivity index (χ1n) is 6.51. The number of benzene rings is 1. The largest absolute Gasteiger partial charge is 0.325 e. The van der Waals surface area contributed by atoms with Crippen molar-refractivity contribution in [3.8, 4) is 5.69 Å². The molecule has 96 valence electrons. The predicted octanol–water partition coefficient (Wildman–Crippen LogP) is 2.63. The molecule has 1 aromatic carbocycles. The van der Waals surface area contributed by atoms with Crippen LogP contribution in [0.4, 0.5) is 0 Å². The second kappa shape index (κ2) is 5.78. The van der Waals surface area contributed by atoms with E-state index in [2.05, 4.69) is 24.2 Å². The van der Waals surface area contributed by atoms with Crippen molar-refractivity contribution in [2.24, 2.45) is 5.73 Å². The summed E-state index contributed by atoms with van der Waals surface area (Å²) in [6.45, 7) is 4.83. The fourth-order valence-corrected chi connectivity index (χ4v) is 2.31. The van der Waals surface area contributed by atoms with Gasteiger partial charge in [-0.25, -0.2) is 4.68 Å². The van der Waals surface area contributed by atoms with E-state index in [9.17, 15) is 0 Å². The van der Waals surface area contributed by atoms with E-state index in [1.54, 1.807) is 0 Å². The lowest BCUT2D eigenvalue weighted by molar-refractivity contribution is 0.590. The Hall–Kier alpha value is -1.68. The molecule has 2 rings (SSSR count). The number of hydrogen-bond acceptors (Lipinski definition) is 3. The first kappa shape index (κ1) is 12.8. The maximum absolute atomic E-state index is 5.77. The third kappa shape index (κ3) is 2.29. The van der Waals surface area contributed by atoms with Crippen molar-refractivity contribution >= 4 is 0 Å². The Bertz CT molecular complexity index is 486. The number of nitrogens with zero attached hydrogens (tertiary/aromatic N) is 3. The summed E-state index contributed by atoms with van der Waals surface area (Å²) in [5.41, 5.74) is 8.89. The summed E-state index contributed by atoms with van der Waals surface area (Å²) in [6, 6.07) is 10.1. The number of hydrogen-bond donors (Lipinski definition) is 1. The Kier molecular flexibility index (Phi) is 4.10. The molecule has 0 aliphatic rings. The maximum atomic E-state index is 5.77. The third-order valence-electron chi connectivity index (χ3n) is 3.35. The van der Waals surface area contributed by atoms with Gasteiger partial charge >= 0.3 is 0 Å². The minimum Gasteiger partial charge on any atom is -0.325 e. The van der Waals surface area contributed by atoms with Gasteiger partial charge in [-0.15, -0.1) is 5.10 Å². The highest BCUT2D eigenvalue weighted by Crippen LogP contribution is 2.27. The molecule has 0 spiro atoms. The van der Waals surface area contributed by atoms with Crippen LogP contribution < -0.4 is 5.73 Å². The molecule has 0 bridgehead atoms. The lowest BCUT2D eigenvalue weighted by atomic mass is 9.97. The van der Waals surface area contributed by atoms with Crippen molar-refractivity contribution in [1.29, 1.82) is 0 Å². The van der Waals surface area contributed by atoms with E-state index in [-0.39, 0.29) is 0 Å². The molecule has 0 fully saturated rings. The molecule has 4 nitrogen and oxygen atoms in total. The molecule has 0 unspecified atom stereocenters. The van der Waals surface area contributed by atoms with Gasteiger partial charge in [-0.2, -0.15) is 0 Å². The number of para-hydroxylation sites is 1. The lowest BCUT2D eigenvalue weighted by Gasteiger charge is -2.15. The van der Waals surface area contributed by atoms with Crippen LogP contribution in [0, 0.1) is 0 Å². The highest BCUT2D eigenvalue weighted by molar-refractivity contribution is 5.34. The van der Waals surface area contributed by atoms with Crippen molar-refractivity contribution < 1.29 is 0 Å². The molecule has 0 aliphatic carbocycles. The Balaban J connectivity index is 2.51. The van der Waals surface area contributed by atoms with E-state index < -0.39 is 0 Å². The lowest BCUT2D eigenvalue weighted by Crippen LogP contribution is -2.10. The van der Waals surface area contributed by atoms with Crippen molar-refractivity contribution in [1.82, 2.24) is 15.0 Å². The minimum absolute atomic E-state index is 0.443. The summed E-state index contributed by atoms with van der Waals surface area (Å²) in [5.74, 6) is 0.457. The average molecular weight is 244 g/mol. The number of aromatic nitrogens is 3. The van der Waals surface area contributed by atoms with Crippen molar-refractivity contribution in [2.45, 2.75) is 39.2 Å². The smallest absolute Gasteiger partial charge is 0.100 e. The summed E-state index contributed by atoms with van der Waals surface area (Å²) in [5, 5.41) is 8.48. The van der Waals surface area contributed by atoms with E-state index in [0.29, 0.717) is 12.5 Å². The van der Waals surface area contributed by atoms with E-state index in [1.165, 1.54) is 0 Å². The normalized spacial score (nSPS) is 11.1. The van der Waals surface area contributed by atoms with Crippen molar-refractivity contribution in [3.63, 3.8) is 0 Å². The topological polar surface area (TPSA) is 56.7 Å². The molecule has 0 atom stereocenters. The summed E-state index contributed by atoms with van der Waals surface area (Å²) >= 11 is 0. The van der Waals surface area contributed by atoms with Crippen LogP contribution in [0.15, 0.2) is 30.3 Å². The van der Waals surface area contributed by atoms with Gasteiger partial charge in [0.1, 0.15) is 5.69 Å². The van der Waals surface area contributed by atoms with Crippen LogP contribution in [0.2, 0.25) is 0 Å². The molecule has 0 saturated carbocycles. The molecular weight excluding hydrogens is 224 g/mol. The molecule has 0 radical (unpaired) electrons. The van der Waals surface area contributed by atoms with E-state index in [1.807, 2.05) is 35.0 Å². The molecule has 0 amide bonds. The molecule has 2 aromatic rings. The first-order valence-corrected chi connectivity index (χ1v) is 6.51. The van der Waals surface area contributed by atoms with Crippen LogP contribution in [0.3, 0.4) is 0 Å². The highest BCUT2D eigenvalue weighted by Gasteiger charge is 2.19. The van der Waals surface area contributed by atoms with Crippen molar-refractivity contribution in [2.75, 3.05) is 0 Å². The zero-order chi connectivity index (χ0) is 13.0.